The summed E-state index contributed by atoms with van der Waals surface area (Å²) in [5.74, 6) is 0.936. The molecule has 3 heterocycles. The number of aromatic amines is 1. The van der Waals surface area contributed by atoms with Crippen molar-refractivity contribution in [1.29, 1.82) is 0 Å². The summed E-state index contributed by atoms with van der Waals surface area (Å²) in [6, 6.07) is 10.3. The molecule has 158 valence electrons. The van der Waals surface area contributed by atoms with Gasteiger partial charge in [-0.1, -0.05) is 12.1 Å². The number of piperidine rings is 1. The van der Waals surface area contributed by atoms with Gasteiger partial charge in [-0.25, -0.2) is 9.97 Å². The van der Waals surface area contributed by atoms with Crippen molar-refractivity contribution in [3.05, 3.63) is 48.4 Å². The number of nitrogens with one attached hydrogen (secondary N) is 3. The number of H-pyrrole nitrogens is 1. The van der Waals surface area contributed by atoms with Crippen LogP contribution in [-0.4, -0.2) is 65.5 Å². The smallest absolute Gasteiger partial charge is 0.239 e. The Labute approximate surface area is 176 Å². The zero-order valence-corrected chi connectivity index (χ0v) is 17.6. The molecular weight excluding hydrogens is 378 g/mol. The summed E-state index contributed by atoms with van der Waals surface area (Å²) in [5, 5.41) is 7.43. The molecule has 1 aliphatic rings. The minimum Gasteiger partial charge on any atom is -0.376 e. The summed E-state index contributed by atoms with van der Waals surface area (Å²) in [7, 11) is 4.09. The van der Waals surface area contributed by atoms with E-state index in [4.69, 9.17) is 0 Å². The number of carbonyl (C=O) groups excluding carboxylic acids is 1. The van der Waals surface area contributed by atoms with Gasteiger partial charge in [0.25, 0.3) is 0 Å². The Morgan fingerprint density at radius 3 is 3.07 bits per heavy atom. The first-order chi connectivity index (χ1) is 14.6. The molecule has 3 N–H and O–H groups in total. The maximum atomic E-state index is 12.5. The van der Waals surface area contributed by atoms with E-state index in [9.17, 15) is 4.79 Å². The number of hydrogen-bond acceptors (Lipinski definition) is 6. The number of nitrogens with zero attached hydrogens (tertiary/aromatic N) is 4. The van der Waals surface area contributed by atoms with E-state index in [1.165, 1.54) is 5.56 Å². The molecule has 30 heavy (non-hydrogen) atoms. The van der Waals surface area contributed by atoms with Gasteiger partial charge in [-0.3, -0.25) is 4.79 Å². The quantitative estimate of drug-likeness (QED) is 0.557. The highest BCUT2D eigenvalue weighted by Gasteiger charge is 2.23. The topological polar surface area (TPSA) is 89.2 Å². The van der Waals surface area contributed by atoms with Crippen molar-refractivity contribution in [3.63, 3.8) is 0 Å². The van der Waals surface area contributed by atoms with Crippen LogP contribution in [-0.2, 0) is 11.3 Å². The van der Waals surface area contributed by atoms with Crippen LogP contribution < -0.4 is 15.5 Å². The van der Waals surface area contributed by atoms with Gasteiger partial charge < -0.3 is 25.4 Å². The first-order valence-electron chi connectivity index (χ1n) is 10.4. The fourth-order valence-electron chi connectivity index (χ4n) is 4.00. The number of carbonyl (C=O) groups is 1. The first-order valence-corrected chi connectivity index (χ1v) is 10.4. The van der Waals surface area contributed by atoms with Crippen molar-refractivity contribution in [2.24, 2.45) is 0 Å². The van der Waals surface area contributed by atoms with Crippen LogP contribution in [0.5, 0.6) is 0 Å². The van der Waals surface area contributed by atoms with Crippen LogP contribution in [0.1, 0.15) is 18.4 Å². The fourth-order valence-corrected chi connectivity index (χ4v) is 4.00. The van der Waals surface area contributed by atoms with Crippen LogP contribution in [0.15, 0.2) is 42.9 Å². The number of rotatable bonds is 7. The van der Waals surface area contributed by atoms with Crippen molar-refractivity contribution in [2.75, 3.05) is 43.9 Å². The molecular formula is C22H29N7O. The number of benzene rings is 1. The van der Waals surface area contributed by atoms with Crippen LogP contribution in [0.4, 0.5) is 11.5 Å². The second kappa shape index (κ2) is 9.13. The summed E-state index contributed by atoms with van der Waals surface area (Å²) in [4.78, 5) is 28.8. The first kappa shape index (κ1) is 20.2. The van der Waals surface area contributed by atoms with Crippen molar-refractivity contribution in [3.8, 4) is 0 Å². The summed E-state index contributed by atoms with van der Waals surface area (Å²) >= 11 is 0. The number of aromatic nitrogens is 3. The minimum absolute atomic E-state index is 0.00865. The molecule has 1 amide bonds. The van der Waals surface area contributed by atoms with E-state index in [0.717, 1.165) is 55.0 Å². The lowest BCUT2D eigenvalue weighted by molar-refractivity contribution is -0.120. The van der Waals surface area contributed by atoms with Crippen LogP contribution in [0, 0.1) is 0 Å². The Balaban J connectivity index is 1.32. The molecule has 0 saturated carbocycles. The molecule has 0 spiro atoms. The molecule has 2 aromatic heterocycles. The van der Waals surface area contributed by atoms with Crippen LogP contribution in [0.25, 0.3) is 11.0 Å². The Bertz CT molecular complexity index is 1000. The second-order valence-corrected chi connectivity index (χ2v) is 8.08. The molecule has 1 fully saturated rings. The number of anilines is 2. The van der Waals surface area contributed by atoms with E-state index in [0.29, 0.717) is 0 Å². The minimum atomic E-state index is 0.00865. The van der Waals surface area contributed by atoms with Gasteiger partial charge in [-0.2, -0.15) is 0 Å². The number of hydrogen-bond donors (Lipinski definition) is 3. The van der Waals surface area contributed by atoms with Crippen molar-refractivity contribution >= 4 is 28.4 Å². The monoisotopic (exact) mass is 407 g/mol. The van der Waals surface area contributed by atoms with E-state index in [-0.39, 0.29) is 18.5 Å². The highest BCUT2D eigenvalue weighted by Crippen LogP contribution is 2.25. The van der Waals surface area contributed by atoms with Crippen LogP contribution in [0.2, 0.25) is 0 Å². The largest absolute Gasteiger partial charge is 0.376 e. The highest BCUT2D eigenvalue weighted by atomic mass is 16.2. The Morgan fingerprint density at radius 1 is 1.30 bits per heavy atom. The molecule has 8 nitrogen and oxygen atoms in total. The van der Waals surface area contributed by atoms with Crippen molar-refractivity contribution < 1.29 is 4.79 Å². The Hall–Kier alpha value is -3.13. The lowest BCUT2D eigenvalue weighted by Crippen LogP contribution is -2.49. The average Bonchev–Trinajstić information content (AvgIpc) is 3.21. The molecule has 4 rings (SSSR count). The summed E-state index contributed by atoms with van der Waals surface area (Å²) < 4.78 is 0. The van der Waals surface area contributed by atoms with E-state index in [1.54, 1.807) is 6.33 Å². The van der Waals surface area contributed by atoms with Crippen molar-refractivity contribution in [2.45, 2.75) is 25.4 Å². The van der Waals surface area contributed by atoms with Gasteiger partial charge in [-0.05, 0) is 50.7 Å². The van der Waals surface area contributed by atoms with Gasteiger partial charge in [0.05, 0.1) is 11.9 Å². The van der Waals surface area contributed by atoms with E-state index in [1.807, 2.05) is 38.5 Å². The van der Waals surface area contributed by atoms with Gasteiger partial charge >= 0.3 is 0 Å². The standard InChI is InChI=1S/C22H29N7O/c1-28(2)13-16-5-3-6-17(11-16)24-12-20(30)27-18-7-4-10-29(14-18)22-19-8-9-23-21(19)25-15-26-22/h3,5-6,8-9,11,15,18,24H,4,7,10,12-14H2,1-2H3,(H,27,30)(H,23,25,26). The summed E-state index contributed by atoms with van der Waals surface area (Å²) in [6.07, 6.45) is 5.46. The van der Waals surface area contributed by atoms with Crippen molar-refractivity contribution in [1.82, 2.24) is 25.2 Å². The molecule has 1 saturated heterocycles. The predicted molar refractivity (Wildman–Crippen MR) is 120 cm³/mol. The maximum Gasteiger partial charge on any atom is 0.239 e. The van der Waals surface area contributed by atoms with Gasteiger partial charge in [0.2, 0.25) is 5.91 Å². The maximum absolute atomic E-state index is 12.5. The van der Waals surface area contributed by atoms with Gasteiger partial charge in [0, 0.05) is 37.6 Å². The molecule has 1 atom stereocenters. The lowest BCUT2D eigenvalue weighted by Gasteiger charge is -2.34. The predicted octanol–water partition coefficient (Wildman–Crippen LogP) is 2.22. The molecule has 1 unspecified atom stereocenters. The molecule has 1 aromatic carbocycles. The highest BCUT2D eigenvalue weighted by molar-refractivity contribution is 5.87. The third kappa shape index (κ3) is 4.88. The number of amides is 1. The molecule has 0 bridgehead atoms. The Kier molecular flexibility index (Phi) is 6.13. The summed E-state index contributed by atoms with van der Waals surface area (Å²) in [6.45, 7) is 2.82. The number of fused-ring (bicyclic) bond motifs is 1. The van der Waals surface area contributed by atoms with Crippen LogP contribution in [0.3, 0.4) is 0 Å². The van der Waals surface area contributed by atoms with E-state index < -0.39 is 0 Å². The SMILES string of the molecule is CN(C)Cc1cccc(NCC(=O)NC2CCCN(c3ncnc4[nH]ccc34)C2)c1. The normalized spacial score (nSPS) is 16.8. The molecule has 1 aliphatic heterocycles. The van der Waals surface area contributed by atoms with Gasteiger partial charge in [-0.15, -0.1) is 0 Å². The Morgan fingerprint density at radius 2 is 2.20 bits per heavy atom. The third-order valence-electron chi connectivity index (χ3n) is 5.30. The lowest BCUT2D eigenvalue weighted by atomic mass is 10.1. The summed E-state index contributed by atoms with van der Waals surface area (Å²) in [5.41, 5.74) is 3.02. The molecule has 0 aliphatic carbocycles. The van der Waals surface area contributed by atoms with Gasteiger partial charge in [0.15, 0.2) is 0 Å². The fraction of sp³-hybridized carbons (Fsp3) is 0.409. The van der Waals surface area contributed by atoms with E-state index in [2.05, 4.69) is 47.5 Å². The third-order valence-corrected chi connectivity index (χ3v) is 5.30. The van der Waals surface area contributed by atoms with E-state index >= 15 is 0 Å². The molecule has 3 aromatic rings. The second-order valence-electron chi connectivity index (χ2n) is 8.08. The molecule has 0 radical (unpaired) electrons. The van der Waals surface area contributed by atoms with Gasteiger partial charge in [0.1, 0.15) is 17.8 Å². The van der Waals surface area contributed by atoms with Crippen LogP contribution >= 0.6 is 0 Å². The average molecular weight is 408 g/mol. The molecule has 8 heteroatoms. The zero-order valence-electron chi connectivity index (χ0n) is 17.6. The zero-order chi connectivity index (χ0) is 20.9.